The van der Waals surface area contributed by atoms with Crippen molar-refractivity contribution in [2.75, 3.05) is 7.05 Å². The first-order valence-corrected chi connectivity index (χ1v) is 7.77. The number of halogens is 1. The minimum Gasteiger partial charge on any atom is -0.487 e. The lowest BCUT2D eigenvalue weighted by molar-refractivity contribution is 0.0314. The third-order valence-corrected chi connectivity index (χ3v) is 4.08. The summed E-state index contributed by atoms with van der Waals surface area (Å²) in [7, 11) is 1.92. The summed E-state index contributed by atoms with van der Waals surface area (Å²) in [5.74, 6) is 0.878. The quantitative estimate of drug-likeness (QED) is 0.834. The topological polar surface area (TPSA) is 41.5 Å². The van der Waals surface area contributed by atoms with E-state index in [2.05, 4.69) is 27.3 Å². The molecule has 1 aliphatic rings. The van der Waals surface area contributed by atoms with Gasteiger partial charge in [-0.3, -0.25) is 0 Å². The second-order valence-corrected chi connectivity index (χ2v) is 6.06. The molecular formula is C15H22BrNO2. The second kappa shape index (κ2) is 7.27. The molecule has 0 amide bonds. The van der Waals surface area contributed by atoms with Crippen LogP contribution in [0.3, 0.4) is 0 Å². The zero-order chi connectivity index (χ0) is 13.7. The fourth-order valence-corrected chi connectivity index (χ4v) is 2.95. The molecule has 2 unspecified atom stereocenters. The molecule has 0 heterocycles. The summed E-state index contributed by atoms with van der Waals surface area (Å²) < 4.78 is 7.12. The molecule has 1 aromatic rings. The van der Waals surface area contributed by atoms with Crippen molar-refractivity contribution in [1.29, 1.82) is 0 Å². The van der Waals surface area contributed by atoms with Crippen molar-refractivity contribution in [3.63, 3.8) is 0 Å². The molecule has 0 saturated heterocycles. The number of aliphatic hydroxyl groups is 1. The van der Waals surface area contributed by atoms with Crippen LogP contribution in [0.15, 0.2) is 22.7 Å². The Morgan fingerprint density at radius 1 is 1.32 bits per heavy atom. The van der Waals surface area contributed by atoms with E-state index >= 15 is 0 Å². The predicted molar refractivity (Wildman–Crippen MR) is 80.4 cm³/mol. The van der Waals surface area contributed by atoms with Gasteiger partial charge in [0.05, 0.1) is 6.10 Å². The van der Waals surface area contributed by atoms with Gasteiger partial charge < -0.3 is 15.2 Å². The lowest BCUT2D eigenvalue weighted by Gasteiger charge is -2.23. The highest BCUT2D eigenvalue weighted by atomic mass is 79.9. The smallest absolute Gasteiger partial charge is 0.124 e. The molecule has 1 saturated carbocycles. The fraction of sp³-hybridized carbons (Fsp3) is 0.600. The van der Waals surface area contributed by atoms with E-state index in [1.165, 1.54) is 6.42 Å². The van der Waals surface area contributed by atoms with E-state index in [-0.39, 0.29) is 12.2 Å². The average molecular weight is 328 g/mol. The Morgan fingerprint density at radius 3 is 2.89 bits per heavy atom. The number of aliphatic hydroxyl groups excluding tert-OH is 1. The van der Waals surface area contributed by atoms with Gasteiger partial charge in [-0.25, -0.2) is 0 Å². The van der Waals surface area contributed by atoms with Gasteiger partial charge in [-0.15, -0.1) is 0 Å². The molecule has 0 spiro atoms. The molecule has 1 fully saturated rings. The predicted octanol–water partition coefficient (Wildman–Crippen LogP) is 3.24. The highest BCUT2D eigenvalue weighted by Crippen LogP contribution is 2.28. The highest BCUT2D eigenvalue weighted by molar-refractivity contribution is 9.10. The van der Waals surface area contributed by atoms with Crippen LogP contribution in [0.4, 0.5) is 0 Å². The monoisotopic (exact) mass is 327 g/mol. The summed E-state index contributed by atoms with van der Waals surface area (Å²) in [6.45, 7) is 0.761. The summed E-state index contributed by atoms with van der Waals surface area (Å²) in [6, 6.07) is 6.03. The maximum absolute atomic E-state index is 10.1. The maximum atomic E-state index is 10.1. The van der Waals surface area contributed by atoms with Crippen molar-refractivity contribution in [2.24, 2.45) is 0 Å². The summed E-state index contributed by atoms with van der Waals surface area (Å²) in [6.07, 6.45) is 4.82. The number of rotatable bonds is 4. The molecule has 0 aromatic heterocycles. The molecule has 0 bridgehead atoms. The summed E-state index contributed by atoms with van der Waals surface area (Å²) in [5.41, 5.74) is 1.12. The van der Waals surface area contributed by atoms with Gasteiger partial charge in [0.2, 0.25) is 0 Å². The number of nitrogens with one attached hydrogen (secondary N) is 1. The van der Waals surface area contributed by atoms with Gasteiger partial charge >= 0.3 is 0 Å². The van der Waals surface area contributed by atoms with Gasteiger partial charge in [0.15, 0.2) is 0 Å². The first-order chi connectivity index (χ1) is 9.20. The average Bonchev–Trinajstić information content (AvgIpc) is 2.58. The normalized spacial score (nSPS) is 23.9. The Balaban J connectivity index is 2.12. The molecule has 2 rings (SSSR count). The molecule has 1 aromatic carbocycles. The van der Waals surface area contributed by atoms with Crippen LogP contribution in [0.25, 0.3) is 0 Å². The molecule has 2 N–H and O–H groups in total. The van der Waals surface area contributed by atoms with Gasteiger partial charge in [0, 0.05) is 16.6 Å². The van der Waals surface area contributed by atoms with Crippen molar-refractivity contribution in [2.45, 2.75) is 50.9 Å². The standard InChI is InChI=1S/C15H22BrNO2/c1-17-10-11-9-12(16)7-8-14(11)19-15-6-4-2-3-5-13(15)18/h7-9,13,15,17-18H,2-6,10H2,1H3. The van der Waals surface area contributed by atoms with Gasteiger partial charge in [-0.2, -0.15) is 0 Å². The Hall–Kier alpha value is -0.580. The van der Waals surface area contributed by atoms with Crippen LogP contribution in [-0.4, -0.2) is 24.4 Å². The molecule has 3 nitrogen and oxygen atoms in total. The molecule has 4 heteroatoms. The molecule has 2 atom stereocenters. The fourth-order valence-electron chi connectivity index (χ4n) is 2.55. The van der Waals surface area contributed by atoms with Crippen molar-refractivity contribution >= 4 is 15.9 Å². The van der Waals surface area contributed by atoms with Crippen LogP contribution < -0.4 is 10.1 Å². The van der Waals surface area contributed by atoms with Crippen molar-refractivity contribution in [3.05, 3.63) is 28.2 Å². The zero-order valence-corrected chi connectivity index (χ0v) is 12.9. The van der Waals surface area contributed by atoms with Crippen LogP contribution >= 0.6 is 15.9 Å². The maximum Gasteiger partial charge on any atom is 0.124 e. The Labute approximate surface area is 123 Å². The largest absolute Gasteiger partial charge is 0.487 e. The SMILES string of the molecule is CNCc1cc(Br)ccc1OC1CCCCCC1O. The van der Waals surface area contributed by atoms with Gasteiger partial charge in [0.25, 0.3) is 0 Å². The van der Waals surface area contributed by atoms with E-state index in [0.29, 0.717) is 0 Å². The minimum atomic E-state index is -0.339. The van der Waals surface area contributed by atoms with Crippen molar-refractivity contribution < 1.29 is 9.84 Å². The van der Waals surface area contributed by atoms with E-state index in [1.54, 1.807) is 0 Å². The number of benzene rings is 1. The van der Waals surface area contributed by atoms with Crippen LogP contribution in [-0.2, 0) is 6.54 Å². The molecule has 0 radical (unpaired) electrons. The van der Waals surface area contributed by atoms with Crippen LogP contribution in [0.5, 0.6) is 5.75 Å². The number of hydrogen-bond donors (Lipinski definition) is 2. The van der Waals surface area contributed by atoms with E-state index < -0.39 is 0 Å². The van der Waals surface area contributed by atoms with Gasteiger partial charge in [-0.1, -0.05) is 28.8 Å². The number of ether oxygens (including phenoxy) is 1. The molecule has 0 aliphatic heterocycles. The third kappa shape index (κ3) is 4.20. The van der Waals surface area contributed by atoms with E-state index in [4.69, 9.17) is 4.74 Å². The summed E-state index contributed by atoms with van der Waals surface area (Å²) in [4.78, 5) is 0. The minimum absolute atomic E-state index is 0.0701. The lowest BCUT2D eigenvalue weighted by Crippen LogP contribution is -2.31. The number of hydrogen-bond acceptors (Lipinski definition) is 3. The Kier molecular flexibility index (Phi) is 5.67. The van der Waals surface area contributed by atoms with Gasteiger partial charge in [-0.05, 0) is 44.5 Å². The first kappa shape index (κ1) is 14.8. The molecule has 19 heavy (non-hydrogen) atoms. The highest BCUT2D eigenvalue weighted by Gasteiger charge is 2.23. The van der Waals surface area contributed by atoms with Crippen LogP contribution in [0, 0.1) is 0 Å². The molecular weight excluding hydrogens is 306 g/mol. The summed E-state index contributed by atoms with van der Waals surface area (Å²) >= 11 is 3.48. The Bertz CT molecular complexity index is 411. The lowest BCUT2D eigenvalue weighted by atomic mass is 10.1. The summed E-state index contributed by atoms with van der Waals surface area (Å²) in [5, 5.41) is 13.3. The Morgan fingerprint density at radius 2 is 2.11 bits per heavy atom. The van der Waals surface area contributed by atoms with E-state index in [0.717, 1.165) is 48.0 Å². The van der Waals surface area contributed by atoms with E-state index in [1.807, 2.05) is 19.2 Å². The molecule has 106 valence electrons. The van der Waals surface area contributed by atoms with Crippen molar-refractivity contribution in [1.82, 2.24) is 5.32 Å². The second-order valence-electron chi connectivity index (χ2n) is 5.14. The zero-order valence-electron chi connectivity index (χ0n) is 11.4. The van der Waals surface area contributed by atoms with Gasteiger partial charge in [0.1, 0.15) is 11.9 Å². The van der Waals surface area contributed by atoms with Crippen LogP contribution in [0.1, 0.15) is 37.7 Å². The first-order valence-electron chi connectivity index (χ1n) is 6.98. The van der Waals surface area contributed by atoms with Crippen molar-refractivity contribution in [3.8, 4) is 5.75 Å². The molecule has 1 aliphatic carbocycles. The van der Waals surface area contributed by atoms with E-state index in [9.17, 15) is 5.11 Å². The third-order valence-electron chi connectivity index (χ3n) is 3.59. The van der Waals surface area contributed by atoms with Crippen LogP contribution in [0.2, 0.25) is 0 Å².